The van der Waals surface area contributed by atoms with Gasteiger partial charge < -0.3 is 9.64 Å². The molecule has 1 aliphatic carbocycles. The van der Waals surface area contributed by atoms with Crippen LogP contribution in [0.15, 0.2) is 22.3 Å². The van der Waals surface area contributed by atoms with Crippen LogP contribution in [0.1, 0.15) is 46.0 Å². The van der Waals surface area contributed by atoms with Crippen molar-refractivity contribution in [3.05, 3.63) is 22.3 Å². The molecule has 0 saturated carbocycles. The van der Waals surface area contributed by atoms with E-state index >= 15 is 0 Å². The van der Waals surface area contributed by atoms with Gasteiger partial charge in [0.25, 0.3) is 0 Å². The van der Waals surface area contributed by atoms with Gasteiger partial charge in [0.2, 0.25) is 0 Å². The Morgan fingerprint density at radius 3 is 2.80 bits per heavy atom. The lowest BCUT2D eigenvalue weighted by molar-refractivity contribution is -0.154. The van der Waals surface area contributed by atoms with Crippen LogP contribution in [0, 0.1) is 5.41 Å². The fraction of sp³-hybridized carbons (Fsp3) is 0.688. The number of halogens is 1. The number of likely N-dealkylation sites (tertiary alicyclic amines) is 1. The van der Waals surface area contributed by atoms with Gasteiger partial charge in [0.05, 0.1) is 6.61 Å². The molecule has 1 aliphatic heterocycles. The maximum atomic E-state index is 12.7. The highest BCUT2D eigenvalue weighted by Gasteiger charge is 2.48. The van der Waals surface area contributed by atoms with Crippen molar-refractivity contribution in [3.63, 3.8) is 0 Å². The van der Waals surface area contributed by atoms with E-state index in [4.69, 9.17) is 4.74 Å². The highest BCUT2D eigenvalue weighted by molar-refractivity contribution is 9.11. The van der Waals surface area contributed by atoms with E-state index in [0.717, 1.165) is 32.4 Å². The van der Waals surface area contributed by atoms with Crippen LogP contribution in [0.4, 0.5) is 0 Å². The van der Waals surface area contributed by atoms with Crippen molar-refractivity contribution in [2.24, 2.45) is 5.41 Å². The minimum atomic E-state index is -0.464. The van der Waals surface area contributed by atoms with Gasteiger partial charge in [-0.2, -0.15) is 0 Å². The Morgan fingerprint density at radius 2 is 2.20 bits per heavy atom. The third kappa shape index (κ3) is 2.95. The van der Waals surface area contributed by atoms with Gasteiger partial charge in [-0.15, -0.1) is 0 Å². The molecular weight excluding hydrogens is 318 g/mol. The number of hydrogen-bond donors (Lipinski definition) is 0. The third-order valence-electron chi connectivity index (χ3n) is 4.28. The molecule has 1 heterocycles. The van der Waals surface area contributed by atoms with Crippen LogP contribution < -0.4 is 0 Å². The quantitative estimate of drug-likeness (QED) is 0.708. The Hall–Kier alpha value is -0.770. The predicted octanol–water partition coefficient (Wildman–Crippen LogP) is 4.00. The van der Waals surface area contributed by atoms with E-state index in [0.29, 0.717) is 6.61 Å². The molecule has 1 unspecified atom stereocenters. The topological polar surface area (TPSA) is 29.5 Å². The molecule has 0 N–H and O–H groups in total. The molecule has 4 heteroatoms. The molecule has 0 aromatic rings. The summed E-state index contributed by atoms with van der Waals surface area (Å²) in [5, 5.41) is 0. The van der Waals surface area contributed by atoms with Crippen molar-refractivity contribution in [2.75, 3.05) is 19.7 Å². The van der Waals surface area contributed by atoms with Crippen molar-refractivity contribution in [2.45, 2.75) is 46.0 Å². The smallest absolute Gasteiger partial charge is 0.318 e. The van der Waals surface area contributed by atoms with Gasteiger partial charge in [0.1, 0.15) is 5.41 Å². The van der Waals surface area contributed by atoms with Crippen molar-refractivity contribution < 1.29 is 9.53 Å². The summed E-state index contributed by atoms with van der Waals surface area (Å²) in [6.07, 6.45) is 7.30. The van der Waals surface area contributed by atoms with Gasteiger partial charge in [0, 0.05) is 18.8 Å². The lowest BCUT2D eigenvalue weighted by Gasteiger charge is -2.35. The first-order chi connectivity index (χ1) is 9.64. The molecule has 1 fully saturated rings. The van der Waals surface area contributed by atoms with Crippen LogP contribution >= 0.6 is 15.9 Å². The molecule has 0 spiro atoms. The molecule has 1 atom stereocenters. The highest BCUT2D eigenvalue weighted by atomic mass is 79.9. The fourth-order valence-corrected chi connectivity index (χ4v) is 3.57. The monoisotopic (exact) mass is 341 g/mol. The Morgan fingerprint density at radius 1 is 1.50 bits per heavy atom. The normalized spacial score (nSPS) is 26.9. The lowest BCUT2D eigenvalue weighted by atomic mass is 9.78. The maximum absolute atomic E-state index is 12.7. The molecule has 0 bridgehead atoms. The Balaban J connectivity index is 2.30. The number of esters is 1. The van der Waals surface area contributed by atoms with Gasteiger partial charge in [0.15, 0.2) is 0 Å². The standard InChI is InChI=1S/C16H24BrNO2/c1-3-20-15(19)16(11-13(2)12-17)8-6-7-14(16)18-9-4-5-10-18/h7,12H,3-6,8-11H2,1-2H3/b13-12+. The van der Waals surface area contributed by atoms with Crippen molar-refractivity contribution in [1.29, 1.82) is 0 Å². The molecule has 20 heavy (non-hydrogen) atoms. The van der Waals surface area contributed by atoms with E-state index in [1.54, 1.807) is 0 Å². The van der Waals surface area contributed by atoms with Crippen LogP contribution in [0.2, 0.25) is 0 Å². The molecule has 1 saturated heterocycles. The Bertz CT molecular complexity index is 424. The summed E-state index contributed by atoms with van der Waals surface area (Å²) >= 11 is 3.39. The van der Waals surface area contributed by atoms with E-state index in [-0.39, 0.29) is 5.97 Å². The van der Waals surface area contributed by atoms with Crippen LogP contribution in [-0.4, -0.2) is 30.6 Å². The summed E-state index contributed by atoms with van der Waals surface area (Å²) in [6.45, 7) is 6.54. The number of ether oxygens (including phenoxy) is 1. The average molecular weight is 342 g/mol. The van der Waals surface area contributed by atoms with E-state index in [1.165, 1.54) is 24.1 Å². The molecule has 0 radical (unpaired) electrons. The minimum absolute atomic E-state index is 0.0515. The van der Waals surface area contributed by atoms with Crippen LogP contribution in [0.25, 0.3) is 0 Å². The average Bonchev–Trinajstić information content (AvgIpc) is 3.07. The first kappa shape index (κ1) is 15.6. The molecular formula is C16H24BrNO2. The number of carbonyl (C=O) groups excluding carboxylic acids is 1. The molecule has 0 aromatic heterocycles. The zero-order valence-electron chi connectivity index (χ0n) is 12.5. The lowest BCUT2D eigenvalue weighted by Crippen LogP contribution is -2.39. The fourth-order valence-electron chi connectivity index (χ4n) is 3.41. The van der Waals surface area contributed by atoms with E-state index in [9.17, 15) is 4.79 Å². The van der Waals surface area contributed by atoms with Crippen molar-refractivity contribution >= 4 is 21.9 Å². The number of rotatable bonds is 5. The SMILES string of the molecule is CCOC(=O)C1(C/C(C)=C/Br)CCC=C1N1CCCC1. The number of hydrogen-bond acceptors (Lipinski definition) is 3. The number of allylic oxidation sites excluding steroid dienone is 2. The summed E-state index contributed by atoms with van der Waals surface area (Å²) in [6, 6.07) is 0. The molecule has 112 valence electrons. The molecule has 0 aromatic carbocycles. The van der Waals surface area contributed by atoms with Gasteiger partial charge in [-0.25, -0.2) is 0 Å². The summed E-state index contributed by atoms with van der Waals surface area (Å²) < 4.78 is 5.42. The predicted molar refractivity (Wildman–Crippen MR) is 84.5 cm³/mol. The van der Waals surface area contributed by atoms with Crippen LogP contribution in [0.5, 0.6) is 0 Å². The summed E-state index contributed by atoms with van der Waals surface area (Å²) in [5.74, 6) is -0.0515. The van der Waals surface area contributed by atoms with Gasteiger partial charge in [-0.05, 0) is 50.9 Å². The number of carbonyl (C=O) groups is 1. The van der Waals surface area contributed by atoms with Crippen LogP contribution in [0.3, 0.4) is 0 Å². The third-order valence-corrected chi connectivity index (χ3v) is 5.06. The van der Waals surface area contributed by atoms with Gasteiger partial charge in [-0.3, -0.25) is 4.79 Å². The minimum Gasteiger partial charge on any atom is -0.465 e. The van der Waals surface area contributed by atoms with Gasteiger partial charge in [-0.1, -0.05) is 27.6 Å². The second-order valence-corrected chi connectivity index (χ2v) is 6.21. The summed E-state index contributed by atoms with van der Waals surface area (Å²) in [4.78, 5) is 17.0. The Labute approximate surface area is 130 Å². The zero-order chi connectivity index (χ0) is 14.6. The zero-order valence-corrected chi connectivity index (χ0v) is 14.0. The first-order valence-electron chi connectivity index (χ1n) is 7.52. The summed E-state index contributed by atoms with van der Waals surface area (Å²) in [7, 11) is 0. The molecule has 3 nitrogen and oxygen atoms in total. The first-order valence-corrected chi connectivity index (χ1v) is 8.44. The molecule has 2 aliphatic rings. The largest absolute Gasteiger partial charge is 0.465 e. The highest BCUT2D eigenvalue weighted by Crippen LogP contribution is 2.47. The van der Waals surface area contributed by atoms with Gasteiger partial charge >= 0.3 is 5.97 Å². The second kappa shape index (κ2) is 6.79. The van der Waals surface area contributed by atoms with E-state index in [2.05, 4.69) is 33.8 Å². The van der Waals surface area contributed by atoms with Crippen LogP contribution in [-0.2, 0) is 9.53 Å². The van der Waals surface area contributed by atoms with Crippen molar-refractivity contribution in [3.8, 4) is 0 Å². The number of nitrogens with zero attached hydrogens (tertiary/aromatic N) is 1. The van der Waals surface area contributed by atoms with E-state index < -0.39 is 5.41 Å². The van der Waals surface area contributed by atoms with Crippen molar-refractivity contribution in [1.82, 2.24) is 4.90 Å². The summed E-state index contributed by atoms with van der Waals surface area (Å²) in [5.41, 5.74) is 1.93. The van der Waals surface area contributed by atoms with E-state index in [1.807, 2.05) is 11.9 Å². The second-order valence-electron chi connectivity index (χ2n) is 5.76. The molecule has 0 amide bonds. The Kier molecular flexibility index (Phi) is 5.30. The molecule has 2 rings (SSSR count). The maximum Gasteiger partial charge on any atom is 0.318 e.